The maximum atomic E-state index is 11.6. The Balaban J connectivity index is 2.78. The molecule has 0 aliphatic heterocycles. The van der Waals surface area contributed by atoms with Gasteiger partial charge in [0.2, 0.25) is 10.0 Å². The molecule has 0 aromatic heterocycles. The third kappa shape index (κ3) is 4.80. The van der Waals surface area contributed by atoms with Crippen LogP contribution in [0.4, 0.5) is 0 Å². The lowest BCUT2D eigenvalue weighted by molar-refractivity contribution is 0.594. The monoisotopic (exact) mass is 305 g/mol. The highest BCUT2D eigenvalue weighted by Gasteiger charge is 2.24. The highest BCUT2D eigenvalue weighted by atomic mass is 35.6. The molecule has 0 spiro atoms. The average Bonchev–Trinajstić information content (AvgIpc) is 2.16. The molecule has 0 saturated heterocycles. The highest BCUT2D eigenvalue weighted by molar-refractivity contribution is 8.12. The molecule has 0 aliphatic rings. The fraction of sp³-hybridized carbons (Fsp3) is 0.143. The molecule has 84 valence electrons. The molecule has 3 nitrogen and oxygen atoms in total. The van der Waals surface area contributed by atoms with Crippen molar-refractivity contribution in [2.75, 3.05) is 0 Å². The van der Waals surface area contributed by atoms with Crippen molar-refractivity contribution in [2.24, 2.45) is 0 Å². The van der Waals surface area contributed by atoms with Crippen molar-refractivity contribution in [1.82, 2.24) is 4.13 Å². The van der Waals surface area contributed by atoms with E-state index in [1.165, 1.54) is 12.1 Å². The molecule has 0 unspecified atom stereocenters. The van der Waals surface area contributed by atoms with Crippen LogP contribution in [0.5, 0.6) is 0 Å². The summed E-state index contributed by atoms with van der Waals surface area (Å²) in [5.41, 5.74) is 0. The van der Waals surface area contributed by atoms with Gasteiger partial charge < -0.3 is 0 Å². The third-order valence-corrected chi connectivity index (χ3v) is 4.35. The Bertz CT molecular complexity index is 416. The van der Waals surface area contributed by atoms with E-state index in [9.17, 15) is 8.42 Å². The Morgan fingerprint density at radius 3 is 2.13 bits per heavy atom. The zero-order valence-corrected chi connectivity index (χ0v) is 11.1. The van der Waals surface area contributed by atoms with E-state index in [2.05, 4.69) is 4.13 Å². The Morgan fingerprint density at radius 1 is 1.13 bits per heavy atom. The van der Waals surface area contributed by atoms with Crippen molar-refractivity contribution < 1.29 is 8.42 Å². The van der Waals surface area contributed by atoms with Gasteiger partial charge in [-0.1, -0.05) is 53.0 Å². The van der Waals surface area contributed by atoms with E-state index in [4.69, 9.17) is 34.8 Å². The Morgan fingerprint density at radius 2 is 1.67 bits per heavy atom. The van der Waals surface area contributed by atoms with E-state index in [-0.39, 0.29) is 4.90 Å². The van der Waals surface area contributed by atoms with E-state index < -0.39 is 13.1 Å². The number of alkyl halides is 3. The van der Waals surface area contributed by atoms with Crippen molar-refractivity contribution in [2.45, 2.75) is 8.02 Å². The standard InChI is InChI=1S/C7H6Cl3NO2S2/c8-7(9,10)14-11-15(12,13)6-4-2-1-3-5-6/h1-5,11H. The molecule has 15 heavy (non-hydrogen) atoms. The molecule has 1 aromatic carbocycles. The van der Waals surface area contributed by atoms with E-state index in [0.717, 1.165) is 0 Å². The van der Waals surface area contributed by atoms with Crippen LogP contribution in [0.3, 0.4) is 0 Å². The number of hydrogen-bond donors (Lipinski definition) is 1. The van der Waals surface area contributed by atoms with Gasteiger partial charge in [-0.15, -0.1) is 0 Å². The number of benzene rings is 1. The first-order valence-corrected chi connectivity index (χ1v) is 7.06. The second-order valence-electron chi connectivity index (χ2n) is 2.45. The van der Waals surface area contributed by atoms with Crippen LogP contribution >= 0.6 is 46.8 Å². The first-order valence-electron chi connectivity index (χ1n) is 3.63. The number of sulfonamides is 1. The molecule has 0 fully saturated rings. The van der Waals surface area contributed by atoms with Crippen LogP contribution in [0.2, 0.25) is 0 Å². The predicted octanol–water partition coefficient (Wildman–Crippen LogP) is 2.94. The van der Waals surface area contributed by atoms with Gasteiger partial charge in [0.15, 0.2) is 0 Å². The number of nitrogens with one attached hydrogen (secondary N) is 1. The quantitative estimate of drug-likeness (QED) is 0.690. The molecule has 0 radical (unpaired) electrons. The Hall–Kier alpha value is 0.350. The molecule has 0 atom stereocenters. The third-order valence-electron chi connectivity index (χ3n) is 1.32. The SMILES string of the molecule is O=S(=O)(NSC(Cl)(Cl)Cl)c1ccccc1. The lowest BCUT2D eigenvalue weighted by Crippen LogP contribution is -2.20. The van der Waals surface area contributed by atoms with E-state index in [0.29, 0.717) is 11.9 Å². The summed E-state index contributed by atoms with van der Waals surface area (Å²) >= 11 is 16.7. The van der Waals surface area contributed by atoms with Crippen LogP contribution in [-0.4, -0.2) is 11.5 Å². The summed E-state index contributed by atoms with van der Waals surface area (Å²) in [6, 6.07) is 7.81. The van der Waals surface area contributed by atoms with E-state index >= 15 is 0 Å². The number of halogens is 3. The van der Waals surface area contributed by atoms with Crippen molar-refractivity contribution >= 4 is 56.8 Å². The Kier molecular flexibility index (Phi) is 4.58. The van der Waals surface area contributed by atoms with Gasteiger partial charge in [0, 0.05) is 0 Å². The summed E-state index contributed by atoms with van der Waals surface area (Å²) in [7, 11) is -3.63. The zero-order chi connectivity index (χ0) is 11.5. The zero-order valence-electron chi connectivity index (χ0n) is 7.15. The lowest BCUT2D eigenvalue weighted by Gasteiger charge is -2.10. The molecule has 1 aromatic rings. The lowest BCUT2D eigenvalue weighted by atomic mass is 10.4. The van der Waals surface area contributed by atoms with Crippen molar-refractivity contribution in [1.29, 1.82) is 0 Å². The minimum atomic E-state index is -3.63. The molecular weight excluding hydrogens is 301 g/mol. The second-order valence-corrected chi connectivity index (χ2v) is 8.36. The molecule has 0 heterocycles. The second kappa shape index (κ2) is 5.12. The molecule has 8 heteroatoms. The van der Waals surface area contributed by atoms with Gasteiger partial charge in [0.05, 0.1) is 4.90 Å². The highest BCUT2D eigenvalue weighted by Crippen LogP contribution is 2.37. The van der Waals surface area contributed by atoms with Crippen LogP contribution in [0.1, 0.15) is 0 Å². The summed E-state index contributed by atoms with van der Waals surface area (Å²) in [5, 5.41) is 0. The van der Waals surface area contributed by atoms with Gasteiger partial charge in [-0.2, -0.15) is 4.13 Å². The normalized spacial score (nSPS) is 12.7. The van der Waals surface area contributed by atoms with E-state index in [1.807, 2.05) is 0 Å². The van der Waals surface area contributed by atoms with Crippen LogP contribution in [0.25, 0.3) is 0 Å². The fourth-order valence-electron chi connectivity index (χ4n) is 0.750. The smallest absolute Gasteiger partial charge is 0.206 e. The topological polar surface area (TPSA) is 46.2 Å². The average molecular weight is 307 g/mol. The molecule has 0 aliphatic carbocycles. The van der Waals surface area contributed by atoms with Gasteiger partial charge in [0.25, 0.3) is 3.12 Å². The summed E-state index contributed by atoms with van der Waals surface area (Å²) in [4.78, 5) is 0.117. The molecule has 1 rings (SSSR count). The van der Waals surface area contributed by atoms with Crippen molar-refractivity contribution in [3.05, 3.63) is 30.3 Å². The van der Waals surface area contributed by atoms with Crippen LogP contribution in [-0.2, 0) is 10.0 Å². The van der Waals surface area contributed by atoms with Crippen LogP contribution < -0.4 is 4.13 Å². The van der Waals surface area contributed by atoms with E-state index in [1.54, 1.807) is 18.2 Å². The maximum absolute atomic E-state index is 11.6. The summed E-state index contributed by atoms with van der Waals surface area (Å²) in [5.74, 6) is 0. The minimum absolute atomic E-state index is 0.117. The molecule has 0 bridgehead atoms. The van der Waals surface area contributed by atoms with Crippen molar-refractivity contribution in [3.63, 3.8) is 0 Å². The number of rotatable bonds is 3. The number of hydrogen-bond acceptors (Lipinski definition) is 3. The predicted molar refractivity (Wildman–Crippen MR) is 64.6 cm³/mol. The first kappa shape index (κ1) is 13.4. The van der Waals surface area contributed by atoms with Gasteiger partial charge in [-0.3, -0.25) is 0 Å². The van der Waals surface area contributed by atoms with Gasteiger partial charge in [-0.25, -0.2) is 8.42 Å². The molecule has 0 saturated carbocycles. The molecule has 1 N–H and O–H groups in total. The van der Waals surface area contributed by atoms with Crippen LogP contribution in [0.15, 0.2) is 35.2 Å². The van der Waals surface area contributed by atoms with Crippen LogP contribution in [0, 0.1) is 0 Å². The summed E-state index contributed by atoms with van der Waals surface area (Å²) in [6.45, 7) is 0. The minimum Gasteiger partial charge on any atom is -0.206 e. The van der Waals surface area contributed by atoms with Gasteiger partial charge in [-0.05, 0) is 24.1 Å². The molecular formula is C7H6Cl3NO2S2. The van der Waals surface area contributed by atoms with Gasteiger partial charge >= 0.3 is 0 Å². The summed E-state index contributed by atoms with van der Waals surface area (Å²) < 4.78 is 23.5. The summed E-state index contributed by atoms with van der Waals surface area (Å²) in [6.07, 6.45) is 0. The first-order chi connectivity index (χ1) is 6.81. The fourth-order valence-corrected chi connectivity index (χ4v) is 3.32. The maximum Gasteiger partial charge on any atom is 0.252 e. The largest absolute Gasteiger partial charge is 0.252 e. The molecule has 0 amide bonds. The Labute approximate surface area is 107 Å². The van der Waals surface area contributed by atoms with Crippen molar-refractivity contribution in [3.8, 4) is 0 Å². The van der Waals surface area contributed by atoms with Gasteiger partial charge in [0.1, 0.15) is 0 Å².